The summed E-state index contributed by atoms with van der Waals surface area (Å²) in [5.41, 5.74) is 0. The van der Waals surface area contributed by atoms with Crippen LogP contribution in [0.1, 0.15) is 194 Å². The Morgan fingerprint density at radius 1 is 0.0714 bits per heavy atom. The van der Waals surface area contributed by atoms with Gasteiger partial charge in [-0.25, -0.2) is 0 Å². The van der Waals surface area contributed by atoms with E-state index in [0.29, 0.717) is 0 Å². The molecule has 0 saturated heterocycles. The highest BCUT2D eigenvalue weighted by molar-refractivity contribution is 4.57. The van der Waals surface area contributed by atoms with E-state index < -0.39 is 171 Å². The number of rotatable bonds is 14. The smallest absolute Gasteiger partial charge is 0.0768 e. The fourth-order valence-electron chi connectivity index (χ4n) is 0. The van der Waals surface area contributed by atoms with Crippen molar-refractivity contribution in [3.63, 3.8) is 0 Å². The summed E-state index contributed by atoms with van der Waals surface area (Å²) >= 11 is 0. The minimum absolute atomic E-state index is 0.593. The maximum Gasteiger partial charge on any atom is 0.0768 e. The lowest BCUT2D eigenvalue weighted by atomic mass is 10.3. The van der Waals surface area contributed by atoms with Crippen LogP contribution in [-0.4, -0.2) is 314 Å². The highest BCUT2D eigenvalue weighted by Gasteiger charge is 2.06. The van der Waals surface area contributed by atoms with E-state index in [0.717, 1.165) is 0 Å². The number of aliphatic hydroxyl groups excluding tert-OH is 28. The first-order chi connectivity index (χ1) is 37.0. The van der Waals surface area contributed by atoms with Gasteiger partial charge in [-0.1, -0.05) is 0 Å². The van der Waals surface area contributed by atoms with Gasteiger partial charge in [0.05, 0.1) is 171 Å². The molecule has 0 heterocycles. The van der Waals surface area contributed by atoms with Crippen LogP contribution in [0.5, 0.6) is 0 Å². The third kappa shape index (κ3) is 171. The van der Waals surface area contributed by atoms with Gasteiger partial charge in [0.15, 0.2) is 0 Å². The van der Waals surface area contributed by atoms with Crippen LogP contribution in [0.3, 0.4) is 0 Å². The molecule has 0 aliphatic rings. The van der Waals surface area contributed by atoms with Crippen molar-refractivity contribution >= 4 is 0 Å². The lowest BCUT2D eigenvalue weighted by Gasteiger charge is -2.03. The van der Waals surface area contributed by atoms with E-state index in [1.807, 2.05) is 0 Å². The predicted molar refractivity (Wildman–Crippen MR) is 327 cm³/mol. The molecule has 532 valence electrons. The third-order valence-electron chi connectivity index (χ3n) is 9.77. The van der Waals surface area contributed by atoms with Crippen molar-refractivity contribution in [1.29, 1.82) is 0 Å². The van der Waals surface area contributed by atoms with Crippen LogP contribution in [0.2, 0.25) is 0 Å². The van der Waals surface area contributed by atoms with Crippen LogP contribution >= 0.6 is 0 Å². The van der Waals surface area contributed by atoms with Crippen LogP contribution in [0.4, 0.5) is 0 Å². The number of aliphatic hydroxyl groups is 28. The zero-order chi connectivity index (χ0) is 72.2. The monoisotopic (exact) mass is 1260 g/mol. The molecule has 28 N–H and O–H groups in total. The molecular formula is C56H140O28. The Balaban J connectivity index is -0.0000000524. The Bertz CT molecular complexity index is 691. The molecular weight excluding hydrogens is 1120 g/mol. The molecule has 28 heteroatoms. The summed E-state index contributed by atoms with van der Waals surface area (Å²) < 4.78 is 0. The van der Waals surface area contributed by atoms with E-state index >= 15 is 0 Å². The third-order valence-corrected chi connectivity index (χ3v) is 9.77. The average Bonchev–Trinajstić information content (AvgIpc) is 3.31. The molecule has 28 atom stereocenters. The number of hydrogen-bond donors (Lipinski definition) is 28. The Labute approximate surface area is 506 Å². The first kappa shape index (κ1) is 117. The molecule has 0 aliphatic heterocycles. The SMILES string of the molecule is C[C@@H](O)[C@@H](C)O.C[C@@H](O)[C@@H](C)O.C[C@@H](O)[C@@H](C)O.C[C@@H](O)[C@@H](C)O.C[C@@H](O)[C@@H](C)O.C[C@@H](O)[C@@H](C)O.C[C@@H](O)[C@@H](C)O.C[C@@H](O)[C@@H](C)O.C[C@@H](O)[C@@H](C)O.C[C@@H](O)[C@@H](C)O.C[C@@H](O)[C@@H](C)O.C[C@@H](O)[C@@H](C)O.C[C@@H](O)[C@@H](C)O.C[C@@H](O)[C@@H](C)O. The van der Waals surface area contributed by atoms with E-state index in [9.17, 15) is 0 Å². The van der Waals surface area contributed by atoms with E-state index in [2.05, 4.69) is 0 Å². The minimum Gasteiger partial charge on any atom is -0.391 e. The van der Waals surface area contributed by atoms with Gasteiger partial charge in [0.25, 0.3) is 0 Å². The van der Waals surface area contributed by atoms with Crippen LogP contribution in [0.25, 0.3) is 0 Å². The Morgan fingerprint density at radius 3 is 0.0833 bits per heavy atom. The van der Waals surface area contributed by atoms with Crippen molar-refractivity contribution in [3.8, 4) is 0 Å². The standard InChI is InChI=1S/14C4H10O2/c14*1-3(5)4(2)6/h14*3-6H,1-2H3/t14*3-,4-/m11111111111111/s1. The average molecular weight is 1260 g/mol. The summed E-state index contributed by atoms with van der Waals surface area (Å²) in [6, 6.07) is 0. The second-order valence-corrected chi connectivity index (χ2v) is 20.7. The van der Waals surface area contributed by atoms with Gasteiger partial charge in [-0.05, 0) is 194 Å². The van der Waals surface area contributed by atoms with Gasteiger partial charge < -0.3 is 143 Å². The second kappa shape index (κ2) is 78.0. The molecule has 0 aromatic heterocycles. The predicted octanol–water partition coefficient (Wildman–Crippen LogP) is -3.53. The maximum absolute atomic E-state index is 8.38. The fraction of sp³-hybridized carbons (Fsp3) is 1.00. The van der Waals surface area contributed by atoms with Crippen molar-refractivity contribution in [2.75, 3.05) is 0 Å². The molecule has 0 bridgehead atoms. The van der Waals surface area contributed by atoms with Gasteiger partial charge in [0.2, 0.25) is 0 Å². The first-order valence-corrected chi connectivity index (χ1v) is 28.1. The molecule has 28 nitrogen and oxygen atoms in total. The van der Waals surface area contributed by atoms with Crippen LogP contribution in [0, 0.1) is 0 Å². The molecule has 0 aromatic rings. The zero-order valence-electron chi connectivity index (χ0n) is 56.7. The normalized spacial score (nSPS) is 20.0. The van der Waals surface area contributed by atoms with Crippen molar-refractivity contribution in [1.82, 2.24) is 0 Å². The Morgan fingerprint density at radius 2 is 0.0833 bits per heavy atom. The lowest BCUT2D eigenvalue weighted by Crippen LogP contribution is -2.17. The number of hydrogen-bond acceptors (Lipinski definition) is 28. The lowest BCUT2D eigenvalue weighted by molar-refractivity contribution is 0.0438. The van der Waals surface area contributed by atoms with Gasteiger partial charge in [-0.3, -0.25) is 0 Å². The van der Waals surface area contributed by atoms with Crippen molar-refractivity contribution in [2.24, 2.45) is 0 Å². The summed E-state index contributed by atoms with van der Waals surface area (Å²) in [5.74, 6) is 0. The molecule has 0 fully saturated rings. The molecule has 0 saturated carbocycles. The molecule has 0 spiro atoms. The molecule has 0 radical (unpaired) electrons. The van der Waals surface area contributed by atoms with E-state index in [4.69, 9.17) is 143 Å². The fourth-order valence-corrected chi connectivity index (χ4v) is 0. The topological polar surface area (TPSA) is 566 Å². The summed E-state index contributed by atoms with van der Waals surface area (Å²) in [6.45, 7) is 43.3. The van der Waals surface area contributed by atoms with Gasteiger partial charge in [0.1, 0.15) is 0 Å². The highest BCUT2D eigenvalue weighted by Crippen LogP contribution is 1.92. The van der Waals surface area contributed by atoms with E-state index in [1.54, 1.807) is 194 Å². The maximum atomic E-state index is 8.38. The van der Waals surface area contributed by atoms with Gasteiger partial charge in [-0.2, -0.15) is 0 Å². The van der Waals surface area contributed by atoms with Crippen molar-refractivity contribution < 1.29 is 143 Å². The van der Waals surface area contributed by atoms with E-state index in [-0.39, 0.29) is 0 Å². The molecule has 0 aliphatic carbocycles. The van der Waals surface area contributed by atoms with Crippen LogP contribution < -0.4 is 0 Å². The largest absolute Gasteiger partial charge is 0.391 e. The molecule has 0 unspecified atom stereocenters. The van der Waals surface area contributed by atoms with Crippen LogP contribution in [0.15, 0.2) is 0 Å². The van der Waals surface area contributed by atoms with Gasteiger partial charge in [0, 0.05) is 0 Å². The minimum atomic E-state index is -0.593. The Hall–Kier alpha value is -1.12. The van der Waals surface area contributed by atoms with E-state index in [1.165, 1.54) is 0 Å². The van der Waals surface area contributed by atoms with Gasteiger partial charge in [-0.15, -0.1) is 0 Å². The first-order valence-electron chi connectivity index (χ1n) is 28.1. The van der Waals surface area contributed by atoms with Crippen LogP contribution in [-0.2, 0) is 0 Å². The summed E-state index contributed by atoms with van der Waals surface area (Å²) in [6.07, 6.45) is -16.6. The zero-order valence-corrected chi connectivity index (χ0v) is 56.7. The molecule has 0 amide bonds. The summed E-state index contributed by atoms with van der Waals surface area (Å²) in [4.78, 5) is 0. The highest BCUT2D eigenvalue weighted by atomic mass is 16.4. The quantitative estimate of drug-likeness (QED) is 0.0801. The van der Waals surface area contributed by atoms with Crippen molar-refractivity contribution in [2.45, 2.75) is 365 Å². The Kier molecular flexibility index (Phi) is 109. The van der Waals surface area contributed by atoms with Crippen molar-refractivity contribution in [3.05, 3.63) is 0 Å². The second-order valence-electron chi connectivity index (χ2n) is 20.7. The molecule has 0 rings (SSSR count). The molecule has 84 heavy (non-hydrogen) atoms. The van der Waals surface area contributed by atoms with Gasteiger partial charge >= 0.3 is 0 Å². The molecule has 0 aromatic carbocycles. The summed E-state index contributed by atoms with van der Waals surface area (Å²) in [7, 11) is 0. The summed E-state index contributed by atoms with van der Waals surface area (Å²) in [5, 5.41) is 235.